The van der Waals surface area contributed by atoms with Gasteiger partial charge in [0.15, 0.2) is 5.78 Å². The lowest BCUT2D eigenvalue weighted by Gasteiger charge is -2.47. The molecule has 0 unspecified atom stereocenters. The third-order valence-electron chi connectivity index (χ3n) is 6.81. The Bertz CT molecular complexity index is 1150. The highest BCUT2D eigenvalue weighted by molar-refractivity contribution is 5.94. The fraction of sp³-hybridized carbons (Fsp3) is 0.345. The summed E-state index contributed by atoms with van der Waals surface area (Å²) in [6, 6.07) is 24.2. The Balaban J connectivity index is 1.63. The number of hydrogen-bond donors (Lipinski definition) is 1. The van der Waals surface area contributed by atoms with Gasteiger partial charge >= 0.3 is 0 Å². The van der Waals surface area contributed by atoms with E-state index in [1.807, 2.05) is 42.5 Å². The van der Waals surface area contributed by atoms with Crippen molar-refractivity contribution in [1.29, 1.82) is 0 Å². The fourth-order valence-corrected chi connectivity index (χ4v) is 5.01. The lowest BCUT2D eigenvalue weighted by Crippen LogP contribution is -2.56. The number of nitrogens with zero attached hydrogens (tertiary/aromatic N) is 2. The predicted octanol–water partition coefficient (Wildman–Crippen LogP) is 5.29. The standard InChI is InChI=1S/C29H34N2O3/c1-20-18-31(21(2)17-30(20)19-23-8-5-13-28(14-23)34-4)29(26-11-7-12-27(33)16-26)25-10-6-9-24(15-25)22(3)32/h5-16,20-21,29,33H,17-19H2,1-4H3/t20-,21+,29-/m1/s1. The molecule has 178 valence electrons. The smallest absolute Gasteiger partial charge is 0.159 e. The van der Waals surface area contributed by atoms with Crippen LogP contribution in [0.25, 0.3) is 0 Å². The van der Waals surface area contributed by atoms with Gasteiger partial charge in [0.05, 0.1) is 13.2 Å². The largest absolute Gasteiger partial charge is 0.508 e. The van der Waals surface area contributed by atoms with Crippen molar-refractivity contribution in [2.24, 2.45) is 0 Å². The molecule has 0 aliphatic carbocycles. The number of aromatic hydroxyl groups is 1. The van der Waals surface area contributed by atoms with E-state index in [-0.39, 0.29) is 23.6 Å². The first kappa shape index (κ1) is 24.0. The molecule has 0 bridgehead atoms. The Hall–Kier alpha value is -3.15. The van der Waals surface area contributed by atoms with Gasteiger partial charge in [0.1, 0.15) is 11.5 Å². The second-order valence-electron chi connectivity index (χ2n) is 9.35. The Labute approximate surface area is 202 Å². The molecule has 0 aromatic heterocycles. The van der Waals surface area contributed by atoms with Crippen LogP contribution in [-0.4, -0.2) is 53.0 Å². The van der Waals surface area contributed by atoms with Crippen LogP contribution < -0.4 is 4.74 Å². The average molecular weight is 459 g/mol. The van der Waals surface area contributed by atoms with E-state index in [1.54, 1.807) is 20.1 Å². The zero-order valence-electron chi connectivity index (χ0n) is 20.4. The lowest BCUT2D eigenvalue weighted by molar-refractivity contribution is 0.0194. The third kappa shape index (κ3) is 5.32. The SMILES string of the molecule is COc1cccc(CN2C[C@H](C)N([C@@H](c3cccc(O)c3)c3cccc(C(C)=O)c3)C[C@H]2C)c1. The van der Waals surface area contributed by atoms with Crippen LogP contribution in [0.3, 0.4) is 0 Å². The van der Waals surface area contributed by atoms with Crippen molar-refractivity contribution in [3.8, 4) is 11.5 Å². The number of carbonyl (C=O) groups excluding carboxylic acids is 1. The Morgan fingerprint density at radius 3 is 2.38 bits per heavy atom. The van der Waals surface area contributed by atoms with Crippen molar-refractivity contribution in [2.75, 3.05) is 20.2 Å². The number of ketones is 1. The quantitative estimate of drug-likeness (QED) is 0.488. The normalized spacial score (nSPS) is 20.1. The molecule has 5 nitrogen and oxygen atoms in total. The molecule has 0 amide bonds. The minimum Gasteiger partial charge on any atom is -0.508 e. The number of ether oxygens (including phenoxy) is 1. The van der Waals surface area contributed by atoms with E-state index in [0.29, 0.717) is 11.6 Å². The summed E-state index contributed by atoms with van der Waals surface area (Å²) in [5.74, 6) is 1.19. The Morgan fingerprint density at radius 1 is 0.971 bits per heavy atom. The van der Waals surface area contributed by atoms with Crippen molar-refractivity contribution in [3.63, 3.8) is 0 Å². The maximum atomic E-state index is 12.1. The lowest BCUT2D eigenvalue weighted by atomic mass is 9.92. The molecule has 0 radical (unpaired) electrons. The van der Waals surface area contributed by atoms with E-state index >= 15 is 0 Å². The second-order valence-corrected chi connectivity index (χ2v) is 9.35. The molecule has 1 N–H and O–H groups in total. The first-order chi connectivity index (χ1) is 16.4. The van der Waals surface area contributed by atoms with Crippen molar-refractivity contribution in [1.82, 2.24) is 9.80 Å². The highest BCUT2D eigenvalue weighted by atomic mass is 16.5. The van der Waals surface area contributed by atoms with E-state index in [4.69, 9.17) is 4.74 Å². The number of carbonyl (C=O) groups is 1. The van der Waals surface area contributed by atoms with Gasteiger partial charge in [-0.15, -0.1) is 0 Å². The molecule has 4 rings (SSSR count). The zero-order valence-corrected chi connectivity index (χ0v) is 20.4. The summed E-state index contributed by atoms with van der Waals surface area (Å²) in [4.78, 5) is 17.1. The van der Waals surface area contributed by atoms with Gasteiger partial charge in [0.25, 0.3) is 0 Å². The number of piperazine rings is 1. The van der Waals surface area contributed by atoms with E-state index in [0.717, 1.165) is 36.5 Å². The summed E-state index contributed by atoms with van der Waals surface area (Å²) >= 11 is 0. The topological polar surface area (TPSA) is 53.0 Å². The Kier molecular flexibility index (Phi) is 7.35. The summed E-state index contributed by atoms with van der Waals surface area (Å²) in [6.45, 7) is 8.78. The number of rotatable bonds is 7. The monoisotopic (exact) mass is 458 g/mol. The number of phenolic OH excluding ortho intramolecular Hbond substituents is 1. The molecule has 1 aliphatic heterocycles. The summed E-state index contributed by atoms with van der Waals surface area (Å²) < 4.78 is 5.40. The molecule has 34 heavy (non-hydrogen) atoms. The minimum absolute atomic E-state index is 0.0529. The van der Waals surface area contributed by atoms with E-state index < -0.39 is 0 Å². The number of methoxy groups -OCH3 is 1. The molecule has 1 heterocycles. The van der Waals surface area contributed by atoms with Gasteiger partial charge in [-0.3, -0.25) is 14.6 Å². The Morgan fingerprint density at radius 2 is 1.68 bits per heavy atom. The number of hydrogen-bond acceptors (Lipinski definition) is 5. The average Bonchev–Trinajstić information content (AvgIpc) is 2.82. The van der Waals surface area contributed by atoms with Gasteiger partial charge in [-0.25, -0.2) is 0 Å². The summed E-state index contributed by atoms with van der Waals surface area (Å²) in [6.07, 6.45) is 0. The van der Waals surface area contributed by atoms with Crippen LogP contribution in [0.4, 0.5) is 0 Å². The first-order valence-corrected chi connectivity index (χ1v) is 11.9. The fourth-order valence-electron chi connectivity index (χ4n) is 5.01. The van der Waals surface area contributed by atoms with Gasteiger partial charge in [-0.05, 0) is 67.8 Å². The van der Waals surface area contributed by atoms with Gasteiger partial charge < -0.3 is 9.84 Å². The molecule has 1 saturated heterocycles. The molecule has 1 fully saturated rings. The molecular weight excluding hydrogens is 424 g/mol. The highest BCUT2D eigenvalue weighted by Crippen LogP contribution is 2.35. The predicted molar refractivity (Wildman–Crippen MR) is 135 cm³/mol. The zero-order chi connectivity index (χ0) is 24.2. The van der Waals surface area contributed by atoms with Crippen LogP contribution in [0.2, 0.25) is 0 Å². The number of benzene rings is 3. The minimum atomic E-state index is -0.0529. The second kappa shape index (κ2) is 10.4. The molecule has 3 aromatic carbocycles. The van der Waals surface area contributed by atoms with Gasteiger partial charge in [0.2, 0.25) is 0 Å². The van der Waals surface area contributed by atoms with Gasteiger partial charge in [-0.2, -0.15) is 0 Å². The summed E-state index contributed by atoms with van der Waals surface area (Å²) in [5.41, 5.74) is 4.05. The molecule has 3 atom stereocenters. The van der Waals surface area contributed by atoms with Crippen LogP contribution in [0.1, 0.15) is 53.9 Å². The molecule has 3 aromatic rings. The van der Waals surface area contributed by atoms with Crippen LogP contribution in [0, 0.1) is 0 Å². The molecule has 5 heteroatoms. The van der Waals surface area contributed by atoms with Crippen LogP contribution >= 0.6 is 0 Å². The molecular formula is C29H34N2O3. The van der Waals surface area contributed by atoms with Crippen LogP contribution in [-0.2, 0) is 6.54 Å². The van der Waals surface area contributed by atoms with Gasteiger partial charge in [-0.1, -0.05) is 42.5 Å². The summed E-state index contributed by atoms with van der Waals surface area (Å²) in [7, 11) is 1.70. The van der Waals surface area contributed by atoms with E-state index in [1.165, 1.54) is 5.56 Å². The first-order valence-electron chi connectivity index (χ1n) is 11.9. The third-order valence-corrected chi connectivity index (χ3v) is 6.81. The van der Waals surface area contributed by atoms with Crippen molar-refractivity contribution in [3.05, 3.63) is 95.1 Å². The van der Waals surface area contributed by atoms with E-state index in [2.05, 4.69) is 47.9 Å². The van der Waals surface area contributed by atoms with Crippen LogP contribution in [0.15, 0.2) is 72.8 Å². The number of Topliss-reactive ketones (excluding diaryl/α,β-unsaturated/α-hetero) is 1. The molecule has 0 spiro atoms. The number of phenols is 1. The molecule has 1 aliphatic rings. The van der Waals surface area contributed by atoms with Gasteiger partial charge in [0, 0.05) is 37.3 Å². The molecule has 0 saturated carbocycles. The summed E-state index contributed by atoms with van der Waals surface area (Å²) in [5, 5.41) is 10.2. The van der Waals surface area contributed by atoms with Crippen molar-refractivity contribution < 1.29 is 14.6 Å². The van der Waals surface area contributed by atoms with Crippen molar-refractivity contribution in [2.45, 2.75) is 45.4 Å². The van der Waals surface area contributed by atoms with E-state index in [9.17, 15) is 9.90 Å². The maximum absolute atomic E-state index is 12.1. The highest BCUT2D eigenvalue weighted by Gasteiger charge is 2.35. The maximum Gasteiger partial charge on any atom is 0.159 e. The van der Waals surface area contributed by atoms with Crippen molar-refractivity contribution >= 4 is 5.78 Å². The van der Waals surface area contributed by atoms with Crippen LogP contribution in [0.5, 0.6) is 11.5 Å².